The second-order valence-electron chi connectivity index (χ2n) is 2.13. The first-order valence-electron chi connectivity index (χ1n) is 3.23. The lowest BCUT2D eigenvalue weighted by atomic mass is 10.1. The quantitative estimate of drug-likeness (QED) is 0.375. The molecule has 0 N–H and O–H groups in total. The van der Waals surface area contributed by atoms with Crippen molar-refractivity contribution in [1.29, 1.82) is 0 Å². The molecule has 1 unspecified atom stereocenters. The van der Waals surface area contributed by atoms with Crippen LogP contribution in [0.15, 0.2) is 12.7 Å². The lowest BCUT2D eigenvalue weighted by molar-refractivity contribution is -0.558. The van der Waals surface area contributed by atoms with E-state index in [1.54, 1.807) is 13.1 Å². The molecule has 0 aliphatic heterocycles. The Hall–Kier alpha value is -0.370. The zero-order valence-corrected chi connectivity index (χ0v) is 7.27. The Morgan fingerprint density at radius 1 is 1.70 bits per heavy atom. The van der Waals surface area contributed by atoms with Crippen LogP contribution < -0.4 is 12.4 Å². The number of hydrogen-bond donors (Lipinski definition) is 0. The predicted molar refractivity (Wildman–Crippen MR) is 38.4 cm³/mol. The number of rotatable bonds is 4. The fourth-order valence-corrected chi connectivity index (χ4v) is 0.765. The van der Waals surface area contributed by atoms with Crippen molar-refractivity contribution in [2.75, 3.05) is 7.05 Å². The fraction of sp³-hybridized carbons (Fsp3) is 0.714. The van der Waals surface area contributed by atoms with Crippen LogP contribution in [-0.2, 0) is 0 Å². The van der Waals surface area contributed by atoms with Gasteiger partial charge in [0, 0.05) is 17.7 Å². The highest BCUT2D eigenvalue weighted by Gasteiger charge is 2.14. The van der Waals surface area contributed by atoms with Crippen LogP contribution in [0.2, 0.25) is 0 Å². The van der Waals surface area contributed by atoms with Gasteiger partial charge < -0.3 is 12.4 Å². The summed E-state index contributed by atoms with van der Waals surface area (Å²) in [5.74, 6) is 0. The van der Waals surface area contributed by atoms with Crippen molar-refractivity contribution in [3.63, 3.8) is 0 Å². The van der Waals surface area contributed by atoms with E-state index in [9.17, 15) is 4.91 Å². The third-order valence-electron chi connectivity index (χ3n) is 1.42. The van der Waals surface area contributed by atoms with Crippen molar-refractivity contribution in [3.8, 4) is 0 Å². The van der Waals surface area contributed by atoms with Gasteiger partial charge in [-0.05, 0) is 4.76 Å². The Balaban J connectivity index is 0. The Morgan fingerprint density at radius 2 is 2.20 bits per heavy atom. The second kappa shape index (κ2) is 6.75. The molecule has 0 aromatic heterocycles. The summed E-state index contributed by atoms with van der Waals surface area (Å²) in [4.78, 5) is 10.6. The molecular weight excluding hydrogens is 150 g/mol. The number of nitrogens with zero attached hydrogens (tertiary/aromatic N) is 1. The highest BCUT2D eigenvalue weighted by molar-refractivity contribution is 4.70. The average molecular weight is 164 g/mol. The molecule has 0 amide bonds. The normalized spacial score (nSPS) is 11.4. The molecule has 0 radical (unpaired) electrons. The molecule has 3 heteroatoms. The Labute approximate surface area is 68.3 Å². The van der Waals surface area contributed by atoms with E-state index < -0.39 is 0 Å². The minimum Gasteiger partial charge on any atom is -1.00 e. The molecule has 0 fully saturated rings. The average Bonchev–Trinajstić information content (AvgIpc) is 1.82. The van der Waals surface area contributed by atoms with Gasteiger partial charge in [0.05, 0.1) is 0 Å². The minimum atomic E-state index is 0. The maximum Gasteiger partial charge on any atom is 0.204 e. The fourth-order valence-electron chi connectivity index (χ4n) is 0.765. The largest absolute Gasteiger partial charge is 1.00 e. The van der Waals surface area contributed by atoms with E-state index in [1.165, 1.54) is 0 Å². The first-order valence-corrected chi connectivity index (χ1v) is 3.23. The van der Waals surface area contributed by atoms with Crippen molar-refractivity contribution in [3.05, 3.63) is 17.6 Å². The summed E-state index contributed by atoms with van der Waals surface area (Å²) in [7, 11) is 1.55. The van der Waals surface area contributed by atoms with Crippen LogP contribution in [0.1, 0.15) is 19.8 Å². The first kappa shape index (κ1) is 12.3. The van der Waals surface area contributed by atoms with Gasteiger partial charge in [-0.1, -0.05) is 13.0 Å². The summed E-state index contributed by atoms with van der Waals surface area (Å²) >= 11 is 0. The van der Waals surface area contributed by atoms with Gasteiger partial charge in [0.2, 0.25) is 6.04 Å². The van der Waals surface area contributed by atoms with E-state index >= 15 is 0 Å². The summed E-state index contributed by atoms with van der Waals surface area (Å²) in [6.07, 6.45) is 3.46. The molecule has 0 bridgehead atoms. The monoisotopic (exact) mass is 163 g/mol. The topological polar surface area (TPSA) is 20.1 Å². The molecular formula is C7H14ClNO. The Morgan fingerprint density at radius 3 is 2.30 bits per heavy atom. The lowest BCUT2D eigenvalue weighted by Gasteiger charge is -1.98. The van der Waals surface area contributed by atoms with Crippen molar-refractivity contribution in [2.45, 2.75) is 25.8 Å². The molecule has 0 aliphatic rings. The maximum absolute atomic E-state index is 10.6. The molecule has 2 nitrogen and oxygen atoms in total. The summed E-state index contributed by atoms with van der Waals surface area (Å²) in [5, 5.41) is 0. The Bertz CT molecular complexity index is 114. The van der Waals surface area contributed by atoms with E-state index in [1.807, 2.05) is 6.92 Å². The molecule has 10 heavy (non-hydrogen) atoms. The van der Waals surface area contributed by atoms with Crippen molar-refractivity contribution in [2.24, 2.45) is 0 Å². The molecule has 0 rings (SSSR count). The summed E-state index contributed by atoms with van der Waals surface area (Å²) in [6.45, 7) is 5.57. The third kappa shape index (κ3) is 4.50. The van der Waals surface area contributed by atoms with Gasteiger partial charge in [-0.3, -0.25) is 0 Å². The third-order valence-corrected chi connectivity index (χ3v) is 1.42. The van der Waals surface area contributed by atoms with Crippen molar-refractivity contribution >= 4 is 0 Å². The maximum atomic E-state index is 10.6. The molecule has 0 aliphatic carbocycles. The second-order valence-corrected chi connectivity index (χ2v) is 2.13. The zero-order valence-electron chi connectivity index (χ0n) is 6.51. The smallest absolute Gasteiger partial charge is 0.204 e. The van der Waals surface area contributed by atoms with Gasteiger partial charge >= 0.3 is 0 Å². The van der Waals surface area contributed by atoms with Crippen LogP contribution in [0.5, 0.6) is 0 Å². The summed E-state index contributed by atoms with van der Waals surface area (Å²) in [5.41, 5.74) is 0. The van der Waals surface area contributed by atoms with Gasteiger partial charge in [0.15, 0.2) is 7.05 Å². The molecule has 0 saturated carbocycles. The first-order chi connectivity index (χ1) is 4.22. The molecule has 60 valence electrons. The number of nitroso groups, excluding NO2 is 1. The van der Waals surface area contributed by atoms with Gasteiger partial charge in [0.1, 0.15) is 0 Å². The van der Waals surface area contributed by atoms with Crippen LogP contribution in [0.4, 0.5) is 0 Å². The van der Waals surface area contributed by atoms with Crippen LogP contribution >= 0.6 is 0 Å². The Kier molecular flexibility index (Phi) is 8.31. The van der Waals surface area contributed by atoms with Gasteiger partial charge in [-0.15, -0.1) is 6.58 Å². The summed E-state index contributed by atoms with van der Waals surface area (Å²) < 4.78 is 0.988. The van der Waals surface area contributed by atoms with E-state index in [4.69, 9.17) is 0 Å². The SMILES string of the molecule is C=CCC(CC)[N+](C)=O.[Cl-]. The van der Waals surface area contributed by atoms with E-state index in [-0.39, 0.29) is 18.4 Å². The predicted octanol–water partition coefficient (Wildman–Crippen LogP) is -1.25. The molecule has 0 aromatic rings. The minimum absolute atomic E-state index is 0. The molecule has 0 spiro atoms. The number of halogens is 1. The summed E-state index contributed by atoms with van der Waals surface area (Å²) in [6, 6.07) is 0.127. The standard InChI is InChI=1S/C7H14NO.ClH/c1-4-6-7(5-2)8(3)9;/h4,7H,1,5-6H2,2-3H3;1H/q+1;/p-1. The zero-order chi connectivity index (χ0) is 7.28. The van der Waals surface area contributed by atoms with E-state index in [0.717, 1.165) is 17.6 Å². The molecule has 1 atom stereocenters. The van der Waals surface area contributed by atoms with Crippen molar-refractivity contribution in [1.82, 2.24) is 0 Å². The highest BCUT2D eigenvalue weighted by Crippen LogP contribution is 2.00. The van der Waals surface area contributed by atoms with E-state index in [0.29, 0.717) is 0 Å². The van der Waals surface area contributed by atoms with Gasteiger partial charge in [-0.2, -0.15) is 0 Å². The highest BCUT2D eigenvalue weighted by atomic mass is 35.5. The molecule has 0 heterocycles. The van der Waals surface area contributed by atoms with Crippen LogP contribution in [-0.4, -0.2) is 17.8 Å². The van der Waals surface area contributed by atoms with E-state index in [2.05, 4.69) is 6.58 Å². The van der Waals surface area contributed by atoms with Crippen LogP contribution in [0, 0.1) is 4.91 Å². The molecule has 0 saturated heterocycles. The van der Waals surface area contributed by atoms with Crippen molar-refractivity contribution < 1.29 is 17.2 Å². The van der Waals surface area contributed by atoms with Gasteiger partial charge in [-0.25, -0.2) is 0 Å². The number of hydrogen-bond acceptors (Lipinski definition) is 1. The van der Waals surface area contributed by atoms with Crippen LogP contribution in [0.3, 0.4) is 0 Å². The van der Waals surface area contributed by atoms with Crippen LogP contribution in [0.25, 0.3) is 0 Å². The van der Waals surface area contributed by atoms with Gasteiger partial charge in [0.25, 0.3) is 0 Å². The molecule has 0 aromatic carbocycles. The lowest BCUT2D eigenvalue weighted by Crippen LogP contribution is -3.00.